The van der Waals surface area contributed by atoms with E-state index in [0.29, 0.717) is 5.76 Å². The Morgan fingerprint density at radius 1 is 1.08 bits per heavy atom. The molecule has 3 heteroatoms. The quantitative estimate of drug-likeness (QED) is 0.768. The van der Waals surface area contributed by atoms with Crippen molar-refractivity contribution < 1.29 is 14.3 Å². The third-order valence-electron chi connectivity index (χ3n) is 5.39. The Bertz CT molecular complexity index is 822. The van der Waals surface area contributed by atoms with Crippen LogP contribution in [0, 0.1) is 0 Å². The predicted octanol–water partition coefficient (Wildman–Crippen LogP) is 5.32. The highest BCUT2D eigenvalue weighted by atomic mass is 16.4. The highest BCUT2D eigenvalue weighted by Crippen LogP contribution is 2.46. The van der Waals surface area contributed by atoms with Crippen LogP contribution in [0.25, 0.3) is 6.08 Å². The van der Waals surface area contributed by atoms with Crippen molar-refractivity contribution >= 4 is 12.0 Å². The second-order valence-electron chi connectivity index (χ2n) is 8.35. The van der Waals surface area contributed by atoms with Crippen molar-refractivity contribution in [2.24, 2.45) is 0 Å². The van der Waals surface area contributed by atoms with Crippen molar-refractivity contribution in [1.29, 1.82) is 0 Å². The van der Waals surface area contributed by atoms with E-state index in [4.69, 9.17) is 9.52 Å². The molecule has 0 saturated heterocycles. The summed E-state index contributed by atoms with van der Waals surface area (Å²) in [5.41, 5.74) is 5.66. The Hall–Kier alpha value is -2.29. The Morgan fingerprint density at radius 3 is 2.44 bits per heavy atom. The lowest BCUT2D eigenvalue weighted by molar-refractivity contribution is -0.131. The normalized spacial score (nSPS) is 18.2. The second kappa shape index (κ2) is 6.21. The van der Waals surface area contributed by atoms with Crippen LogP contribution in [0.5, 0.6) is 0 Å². The molecule has 1 aromatic heterocycles. The summed E-state index contributed by atoms with van der Waals surface area (Å²) >= 11 is 0. The number of rotatable bonds is 4. The van der Waals surface area contributed by atoms with E-state index in [1.807, 2.05) is 6.07 Å². The number of aliphatic carboxylic acids is 1. The van der Waals surface area contributed by atoms with Gasteiger partial charge in [-0.1, -0.05) is 45.9 Å². The summed E-state index contributed by atoms with van der Waals surface area (Å²) in [6.45, 7) is 9.32. The van der Waals surface area contributed by atoms with Gasteiger partial charge in [0.05, 0.1) is 6.26 Å². The van der Waals surface area contributed by atoms with Gasteiger partial charge in [-0.2, -0.15) is 0 Å². The number of furan rings is 1. The SMILES string of the molecule is CC1(C)CCC(C)(C)c2cc(Cc3coc(C=CC(=O)O)c3)ccc21. The van der Waals surface area contributed by atoms with Gasteiger partial charge in [0.2, 0.25) is 0 Å². The first-order valence-electron chi connectivity index (χ1n) is 8.80. The van der Waals surface area contributed by atoms with Crippen LogP contribution in [0.3, 0.4) is 0 Å². The molecular formula is C22H26O3. The zero-order valence-corrected chi connectivity index (χ0v) is 15.4. The summed E-state index contributed by atoms with van der Waals surface area (Å²) in [4.78, 5) is 10.6. The van der Waals surface area contributed by atoms with Gasteiger partial charge in [0.25, 0.3) is 0 Å². The van der Waals surface area contributed by atoms with Gasteiger partial charge in [0.1, 0.15) is 5.76 Å². The number of carboxylic acids is 1. The van der Waals surface area contributed by atoms with Crippen molar-refractivity contribution in [2.45, 2.75) is 57.8 Å². The van der Waals surface area contributed by atoms with Crippen LogP contribution in [0.2, 0.25) is 0 Å². The first-order chi connectivity index (χ1) is 11.7. The molecule has 25 heavy (non-hydrogen) atoms. The first-order valence-corrected chi connectivity index (χ1v) is 8.80. The van der Waals surface area contributed by atoms with Crippen molar-refractivity contribution in [2.75, 3.05) is 0 Å². The minimum absolute atomic E-state index is 0.201. The van der Waals surface area contributed by atoms with Crippen LogP contribution < -0.4 is 0 Å². The third-order valence-corrected chi connectivity index (χ3v) is 5.39. The summed E-state index contributed by atoms with van der Waals surface area (Å²) in [7, 11) is 0. The molecule has 1 heterocycles. The van der Waals surface area contributed by atoms with Crippen LogP contribution in [-0.2, 0) is 22.0 Å². The molecule has 3 nitrogen and oxygen atoms in total. The van der Waals surface area contributed by atoms with Gasteiger partial charge < -0.3 is 9.52 Å². The first kappa shape index (κ1) is 17.5. The summed E-state index contributed by atoms with van der Waals surface area (Å²) < 4.78 is 5.42. The van der Waals surface area contributed by atoms with Gasteiger partial charge in [-0.15, -0.1) is 0 Å². The molecular weight excluding hydrogens is 312 g/mol. The smallest absolute Gasteiger partial charge is 0.328 e. The molecule has 0 bridgehead atoms. The van der Waals surface area contributed by atoms with Crippen molar-refractivity contribution in [3.8, 4) is 0 Å². The van der Waals surface area contributed by atoms with Crippen molar-refractivity contribution in [3.05, 3.63) is 64.6 Å². The highest BCUT2D eigenvalue weighted by Gasteiger charge is 2.36. The molecule has 0 saturated carbocycles. The lowest BCUT2D eigenvalue weighted by Crippen LogP contribution is -2.33. The summed E-state index contributed by atoms with van der Waals surface area (Å²) in [5, 5.41) is 8.69. The molecule has 1 aliphatic rings. The molecule has 0 spiro atoms. The number of fused-ring (bicyclic) bond motifs is 1. The van der Waals surface area contributed by atoms with Gasteiger partial charge in [0.15, 0.2) is 0 Å². The number of carboxylic acid groups (broad SMARTS) is 1. The maximum atomic E-state index is 10.6. The Morgan fingerprint density at radius 2 is 1.76 bits per heavy atom. The van der Waals surface area contributed by atoms with E-state index in [0.717, 1.165) is 18.1 Å². The van der Waals surface area contributed by atoms with Crippen LogP contribution >= 0.6 is 0 Å². The monoisotopic (exact) mass is 338 g/mol. The Balaban J connectivity index is 1.87. The molecule has 0 aliphatic heterocycles. The predicted molar refractivity (Wildman–Crippen MR) is 99.9 cm³/mol. The molecule has 2 aromatic rings. The van der Waals surface area contributed by atoms with Gasteiger partial charge in [-0.05, 0) is 58.1 Å². The topological polar surface area (TPSA) is 50.4 Å². The zero-order chi connectivity index (χ0) is 18.2. The second-order valence-corrected chi connectivity index (χ2v) is 8.35. The van der Waals surface area contributed by atoms with Gasteiger partial charge in [0, 0.05) is 12.5 Å². The minimum Gasteiger partial charge on any atom is -0.478 e. The summed E-state index contributed by atoms with van der Waals surface area (Å²) in [5.74, 6) is -0.408. The lowest BCUT2D eigenvalue weighted by atomic mass is 9.63. The van der Waals surface area contributed by atoms with Crippen LogP contribution in [-0.4, -0.2) is 11.1 Å². The molecule has 1 N–H and O–H groups in total. The van der Waals surface area contributed by atoms with Gasteiger partial charge in [-0.3, -0.25) is 0 Å². The molecule has 0 amide bonds. The third kappa shape index (κ3) is 3.71. The average Bonchev–Trinajstić information content (AvgIpc) is 2.97. The van der Waals surface area contributed by atoms with E-state index < -0.39 is 5.97 Å². The number of hydrogen-bond acceptors (Lipinski definition) is 2. The number of carbonyl (C=O) groups is 1. The Kier molecular flexibility index (Phi) is 4.36. The van der Waals surface area contributed by atoms with E-state index >= 15 is 0 Å². The Labute approximate surface area is 149 Å². The molecule has 132 valence electrons. The molecule has 3 rings (SSSR count). The average molecular weight is 338 g/mol. The number of benzene rings is 1. The molecule has 1 aliphatic carbocycles. The van der Waals surface area contributed by atoms with E-state index in [2.05, 4.69) is 45.9 Å². The molecule has 1 aromatic carbocycles. The maximum absolute atomic E-state index is 10.6. The van der Waals surface area contributed by atoms with E-state index in [-0.39, 0.29) is 10.8 Å². The highest BCUT2D eigenvalue weighted by molar-refractivity contribution is 5.84. The lowest BCUT2D eigenvalue weighted by Gasteiger charge is -2.42. The van der Waals surface area contributed by atoms with Crippen LogP contribution in [0.1, 0.15) is 68.6 Å². The largest absolute Gasteiger partial charge is 0.478 e. The zero-order valence-electron chi connectivity index (χ0n) is 15.4. The molecule has 0 unspecified atom stereocenters. The van der Waals surface area contributed by atoms with Crippen molar-refractivity contribution in [3.63, 3.8) is 0 Å². The standard InChI is InChI=1S/C22H26O3/c1-21(2)9-10-22(3,4)19-13-15(5-7-18(19)21)11-16-12-17(25-14-16)6-8-20(23)24/h5-8,12-14H,9-11H2,1-4H3,(H,23,24). The van der Waals surface area contributed by atoms with Crippen molar-refractivity contribution in [1.82, 2.24) is 0 Å². The number of hydrogen-bond donors (Lipinski definition) is 1. The summed E-state index contributed by atoms with van der Waals surface area (Å²) in [6.07, 6.45) is 7.47. The van der Waals surface area contributed by atoms with Crippen LogP contribution in [0.4, 0.5) is 0 Å². The molecule has 0 fully saturated rings. The fourth-order valence-corrected chi connectivity index (χ4v) is 3.71. The van der Waals surface area contributed by atoms with Crippen LogP contribution in [0.15, 0.2) is 41.0 Å². The summed E-state index contributed by atoms with van der Waals surface area (Å²) in [6, 6.07) is 8.74. The molecule has 0 atom stereocenters. The van der Waals surface area contributed by atoms with E-state index in [9.17, 15) is 4.79 Å². The van der Waals surface area contributed by atoms with E-state index in [1.165, 1.54) is 35.6 Å². The van der Waals surface area contributed by atoms with Gasteiger partial charge in [-0.25, -0.2) is 4.79 Å². The maximum Gasteiger partial charge on any atom is 0.328 e. The fraction of sp³-hybridized carbons (Fsp3) is 0.409. The molecule has 0 radical (unpaired) electrons. The van der Waals surface area contributed by atoms with E-state index in [1.54, 1.807) is 6.26 Å². The van der Waals surface area contributed by atoms with Gasteiger partial charge >= 0.3 is 5.97 Å². The minimum atomic E-state index is -0.975. The fourth-order valence-electron chi connectivity index (χ4n) is 3.71.